The molecule has 0 fully saturated rings. The van der Waals surface area contributed by atoms with Crippen molar-refractivity contribution >= 4 is 15.9 Å². The Morgan fingerprint density at radius 1 is 1.05 bits per heavy atom. The highest BCUT2D eigenvalue weighted by atomic mass is 79.9. The number of hydrogen-bond acceptors (Lipinski definition) is 2. The molecule has 106 valence electrons. The third-order valence-electron chi connectivity index (χ3n) is 3.54. The number of nitrogens with one attached hydrogen (secondary N) is 1. The summed E-state index contributed by atoms with van der Waals surface area (Å²) in [7, 11) is 0. The number of benzene rings is 2. The molecule has 2 nitrogen and oxygen atoms in total. The van der Waals surface area contributed by atoms with Gasteiger partial charge in [0.15, 0.2) is 0 Å². The van der Waals surface area contributed by atoms with Gasteiger partial charge in [-0.1, -0.05) is 66.2 Å². The van der Waals surface area contributed by atoms with Crippen molar-refractivity contribution in [3.8, 4) is 0 Å². The molecule has 0 saturated heterocycles. The molecule has 20 heavy (non-hydrogen) atoms. The topological polar surface area (TPSA) is 38.0 Å². The Morgan fingerprint density at radius 3 is 2.30 bits per heavy atom. The summed E-state index contributed by atoms with van der Waals surface area (Å²) in [6.45, 7) is 4.42. The minimum absolute atomic E-state index is 0.123. The van der Waals surface area contributed by atoms with Crippen LogP contribution < -0.4 is 11.3 Å². The molecule has 0 amide bonds. The van der Waals surface area contributed by atoms with Crippen LogP contribution in [0, 0.1) is 0 Å². The van der Waals surface area contributed by atoms with Crippen molar-refractivity contribution in [1.82, 2.24) is 5.43 Å². The maximum atomic E-state index is 5.72. The fourth-order valence-corrected chi connectivity index (χ4v) is 2.69. The molecular weight excluding hydrogens is 312 g/mol. The van der Waals surface area contributed by atoms with Crippen molar-refractivity contribution in [2.75, 3.05) is 0 Å². The minimum Gasteiger partial charge on any atom is -0.271 e. The van der Waals surface area contributed by atoms with Crippen LogP contribution in [0.3, 0.4) is 0 Å². The standard InChI is InChI=1S/C17H21BrN2/c1-12(2)14-8-6-13(7-9-14)10-17(20-19)15-4-3-5-16(18)11-15/h3-9,11-12,17,20H,10,19H2,1-2H3. The largest absolute Gasteiger partial charge is 0.271 e. The fourth-order valence-electron chi connectivity index (χ4n) is 2.27. The maximum absolute atomic E-state index is 5.72. The molecule has 3 N–H and O–H groups in total. The quantitative estimate of drug-likeness (QED) is 0.632. The van der Waals surface area contributed by atoms with Crippen LogP contribution in [-0.4, -0.2) is 0 Å². The van der Waals surface area contributed by atoms with Crippen molar-refractivity contribution < 1.29 is 0 Å². The van der Waals surface area contributed by atoms with E-state index in [9.17, 15) is 0 Å². The monoisotopic (exact) mass is 332 g/mol. The van der Waals surface area contributed by atoms with Crippen LogP contribution in [0.1, 0.15) is 42.5 Å². The van der Waals surface area contributed by atoms with Crippen LogP contribution in [0.15, 0.2) is 53.0 Å². The Labute approximate surface area is 129 Å². The molecule has 0 saturated carbocycles. The normalized spacial score (nSPS) is 12.7. The molecule has 3 heteroatoms. The van der Waals surface area contributed by atoms with E-state index in [0.717, 1.165) is 10.9 Å². The fraction of sp³-hybridized carbons (Fsp3) is 0.294. The second-order valence-corrected chi connectivity index (χ2v) is 6.29. The molecule has 0 heterocycles. The molecule has 0 radical (unpaired) electrons. The van der Waals surface area contributed by atoms with Gasteiger partial charge >= 0.3 is 0 Å². The van der Waals surface area contributed by atoms with Crippen LogP contribution in [-0.2, 0) is 6.42 Å². The first-order valence-corrected chi connectivity index (χ1v) is 7.70. The van der Waals surface area contributed by atoms with Crippen LogP contribution in [0.25, 0.3) is 0 Å². The average Bonchev–Trinajstić information content (AvgIpc) is 2.45. The Kier molecular flexibility index (Phi) is 5.35. The lowest BCUT2D eigenvalue weighted by Crippen LogP contribution is -2.29. The first-order chi connectivity index (χ1) is 9.60. The number of hydrazine groups is 1. The van der Waals surface area contributed by atoms with E-state index < -0.39 is 0 Å². The Morgan fingerprint density at radius 2 is 1.75 bits per heavy atom. The molecule has 0 aliphatic carbocycles. The molecule has 2 rings (SSSR count). The van der Waals surface area contributed by atoms with Crippen LogP contribution >= 0.6 is 15.9 Å². The molecule has 0 aliphatic heterocycles. The van der Waals surface area contributed by atoms with E-state index in [1.54, 1.807) is 0 Å². The molecule has 0 aromatic heterocycles. The maximum Gasteiger partial charge on any atom is 0.0500 e. The molecule has 0 spiro atoms. The van der Waals surface area contributed by atoms with Crippen LogP contribution in [0.2, 0.25) is 0 Å². The smallest absolute Gasteiger partial charge is 0.0500 e. The lowest BCUT2D eigenvalue weighted by molar-refractivity contribution is 0.551. The number of nitrogens with two attached hydrogens (primary N) is 1. The molecule has 0 bridgehead atoms. The zero-order valence-corrected chi connectivity index (χ0v) is 13.5. The number of rotatable bonds is 5. The zero-order chi connectivity index (χ0) is 14.5. The highest BCUT2D eigenvalue weighted by Crippen LogP contribution is 2.22. The van der Waals surface area contributed by atoms with Crippen molar-refractivity contribution in [2.45, 2.75) is 32.2 Å². The van der Waals surface area contributed by atoms with Gasteiger partial charge in [-0.05, 0) is 41.2 Å². The summed E-state index contributed by atoms with van der Waals surface area (Å²) in [4.78, 5) is 0. The van der Waals surface area contributed by atoms with Gasteiger partial charge in [0.1, 0.15) is 0 Å². The van der Waals surface area contributed by atoms with Gasteiger partial charge in [0.25, 0.3) is 0 Å². The van der Waals surface area contributed by atoms with E-state index in [1.807, 2.05) is 12.1 Å². The Bertz CT molecular complexity index is 549. The van der Waals surface area contributed by atoms with Crippen molar-refractivity contribution in [1.29, 1.82) is 0 Å². The summed E-state index contributed by atoms with van der Waals surface area (Å²) in [5, 5.41) is 0. The minimum atomic E-state index is 0.123. The second-order valence-electron chi connectivity index (χ2n) is 5.37. The molecule has 1 atom stereocenters. The lowest BCUT2D eigenvalue weighted by atomic mass is 9.96. The predicted octanol–water partition coefficient (Wildman–Crippen LogP) is 4.32. The van der Waals surface area contributed by atoms with E-state index >= 15 is 0 Å². The van der Waals surface area contributed by atoms with Crippen molar-refractivity contribution in [3.05, 3.63) is 69.7 Å². The number of halogens is 1. The summed E-state index contributed by atoms with van der Waals surface area (Å²) >= 11 is 3.50. The summed E-state index contributed by atoms with van der Waals surface area (Å²) in [5.74, 6) is 6.28. The first kappa shape index (κ1) is 15.2. The van der Waals surface area contributed by atoms with Crippen molar-refractivity contribution in [3.63, 3.8) is 0 Å². The zero-order valence-electron chi connectivity index (χ0n) is 11.9. The molecule has 2 aromatic carbocycles. The number of hydrogen-bond donors (Lipinski definition) is 2. The molecule has 1 unspecified atom stereocenters. The van der Waals surface area contributed by atoms with E-state index in [4.69, 9.17) is 5.84 Å². The van der Waals surface area contributed by atoms with Gasteiger partial charge in [-0.2, -0.15) is 0 Å². The molecular formula is C17H21BrN2. The van der Waals surface area contributed by atoms with Gasteiger partial charge in [-0.3, -0.25) is 11.3 Å². The summed E-state index contributed by atoms with van der Waals surface area (Å²) < 4.78 is 1.07. The summed E-state index contributed by atoms with van der Waals surface area (Å²) in [6, 6.07) is 17.2. The van der Waals surface area contributed by atoms with Crippen LogP contribution in [0.4, 0.5) is 0 Å². The Balaban J connectivity index is 2.14. The van der Waals surface area contributed by atoms with Gasteiger partial charge in [-0.15, -0.1) is 0 Å². The average molecular weight is 333 g/mol. The van der Waals surface area contributed by atoms with Gasteiger partial charge in [0, 0.05) is 4.47 Å². The SMILES string of the molecule is CC(C)c1ccc(CC(NN)c2cccc(Br)c2)cc1. The van der Waals surface area contributed by atoms with E-state index in [0.29, 0.717) is 5.92 Å². The summed E-state index contributed by atoms with van der Waals surface area (Å²) in [5.41, 5.74) is 6.76. The Hall–Kier alpha value is -1.16. The van der Waals surface area contributed by atoms with Crippen LogP contribution in [0.5, 0.6) is 0 Å². The molecule has 2 aromatic rings. The third-order valence-corrected chi connectivity index (χ3v) is 4.03. The summed E-state index contributed by atoms with van der Waals surface area (Å²) in [6.07, 6.45) is 0.880. The van der Waals surface area contributed by atoms with Crippen molar-refractivity contribution in [2.24, 2.45) is 5.84 Å². The third kappa shape index (κ3) is 3.92. The highest BCUT2D eigenvalue weighted by molar-refractivity contribution is 9.10. The van der Waals surface area contributed by atoms with E-state index in [2.05, 4.69) is 71.6 Å². The van der Waals surface area contributed by atoms with Gasteiger partial charge in [0.05, 0.1) is 6.04 Å². The predicted molar refractivity (Wildman–Crippen MR) is 88.4 cm³/mol. The van der Waals surface area contributed by atoms with Gasteiger partial charge in [0.2, 0.25) is 0 Å². The van der Waals surface area contributed by atoms with Gasteiger partial charge < -0.3 is 0 Å². The lowest BCUT2D eigenvalue weighted by Gasteiger charge is -2.17. The van der Waals surface area contributed by atoms with E-state index in [1.165, 1.54) is 16.7 Å². The van der Waals surface area contributed by atoms with Gasteiger partial charge in [-0.25, -0.2) is 0 Å². The highest BCUT2D eigenvalue weighted by Gasteiger charge is 2.11. The first-order valence-electron chi connectivity index (χ1n) is 6.90. The molecule has 0 aliphatic rings. The van der Waals surface area contributed by atoms with E-state index in [-0.39, 0.29) is 6.04 Å². The second kappa shape index (κ2) is 7.02.